The molecular formula is C12H13NO2S. The summed E-state index contributed by atoms with van der Waals surface area (Å²) in [6.07, 6.45) is 0. The van der Waals surface area contributed by atoms with E-state index in [1.54, 1.807) is 17.2 Å². The number of amides is 1. The van der Waals surface area contributed by atoms with Gasteiger partial charge in [0.25, 0.3) is 5.91 Å². The number of aryl methyl sites for hydroxylation is 1. The molecule has 0 radical (unpaired) electrons. The quantitative estimate of drug-likeness (QED) is 0.856. The Bertz CT molecular complexity index is 412. The molecule has 0 saturated carbocycles. The van der Waals surface area contributed by atoms with E-state index in [0.29, 0.717) is 12.4 Å². The fourth-order valence-electron chi connectivity index (χ4n) is 1.32. The van der Waals surface area contributed by atoms with Crippen LogP contribution >= 0.6 is 11.8 Å². The predicted octanol–water partition coefficient (Wildman–Crippen LogP) is 2.54. The molecule has 0 aliphatic carbocycles. The van der Waals surface area contributed by atoms with E-state index in [2.05, 4.69) is 5.32 Å². The van der Waals surface area contributed by atoms with Gasteiger partial charge in [-0.25, -0.2) is 0 Å². The average Bonchev–Trinajstić information content (AvgIpc) is 2.33. The maximum absolute atomic E-state index is 11.7. The maximum atomic E-state index is 11.7. The van der Waals surface area contributed by atoms with Gasteiger partial charge in [-0.1, -0.05) is 17.7 Å². The summed E-state index contributed by atoms with van der Waals surface area (Å²) in [5, 5.41) is 4.55. The van der Waals surface area contributed by atoms with Gasteiger partial charge in [0.05, 0.1) is 6.61 Å². The Morgan fingerprint density at radius 1 is 1.38 bits per heavy atom. The van der Waals surface area contributed by atoms with Gasteiger partial charge < -0.3 is 10.1 Å². The van der Waals surface area contributed by atoms with Crippen LogP contribution in [-0.2, 0) is 9.53 Å². The Morgan fingerprint density at radius 3 is 2.75 bits per heavy atom. The number of hydrogen-bond donors (Lipinski definition) is 1. The molecule has 16 heavy (non-hydrogen) atoms. The Hall–Kier alpha value is -1.42. The molecule has 0 fully saturated rings. The van der Waals surface area contributed by atoms with Crippen molar-refractivity contribution in [3.05, 3.63) is 41.0 Å². The minimum atomic E-state index is -0.184. The summed E-state index contributed by atoms with van der Waals surface area (Å²) in [5.41, 5.74) is 1.96. The number of hydrogen-bond acceptors (Lipinski definition) is 3. The second-order valence-corrected chi connectivity index (χ2v) is 4.50. The lowest BCUT2D eigenvalue weighted by atomic mass is 10.2. The highest BCUT2D eigenvalue weighted by Crippen LogP contribution is 2.17. The average molecular weight is 235 g/mol. The van der Waals surface area contributed by atoms with Gasteiger partial charge in [-0.3, -0.25) is 4.79 Å². The molecule has 0 saturated heterocycles. The number of carbonyl (C=O) groups is 1. The Kier molecular flexibility index (Phi) is 3.51. The first-order valence-corrected chi connectivity index (χ1v) is 6.13. The number of carbonyl (C=O) groups excluding carboxylic acids is 1. The van der Waals surface area contributed by atoms with Gasteiger partial charge >= 0.3 is 0 Å². The van der Waals surface area contributed by atoms with Crippen LogP contribution in [0.4, 0.5) is 5.69 Å². The smallest absolute Gasteiger partial charge is 0.291 e. The highest BCUT2D eigenvalue weighted by Gasteiger charge is 2.13. The predicted molar refractivity (Wildman–Crippen MR) is 66.3 cm³/mol. The van der Waals surface area contributed by atoms with E-state index >= 15 is 0 Å². The van der Waals surface area contributed by atoms with Crippen LogP contribution in [0.15, 0.2) is 35.4 Å². The Labute approximate surface area is 98.9 Å². The zero-order valence-electron chi connectivity index (χ0n) is 9.03. The van der Waals surface area contributed by atoms with Crippen LogP contribution in [0, 0.1) is 6.92 Å². The van der Waals surface area contributed by atoms with Crippen molar-refractivity contribution in [1.82, 2.24) is 0 Å². The molecule has 0 atom stereocenters. The summed E-state index contributed by atoms with van der Waals surface area (Å²) in [6.45, 7) is 2.60. The van der Waals surface area contributed by atoms with Crippen molar-refractivity contribution in [1.29, 1.82) is 0 Å². The number of nitrogens with one attached hydrogen (secondary N) is 1. The van der Waals surface area contributed by atoms with E-state index in [4.69, 9.17) is 4.74 Å². The van der Waals surface area contributed by atoms with Gasteiger partial charge in [0.2, 0.25) is 0 Å². The molecule has 4 heteroatoms. The van der Waals surface area contributed by atoms with Crippen LogP contribution in [0.1, 0.15) is 5.56 Å². The third kappa shape index (κ3) is 2.79. The van der Waals surface area contributed by atoms with Crippen molar-refractivity contribution in [2.24, 2.45) is 0 Å². The molecule has 1 aromatic rings. The molecule has 1 aliphatic heterocycles. The van der Waals surface area contributed by atoms with E-state index in [9.17, 15) is 4.79 Å². The van der Waals surface area contributed by atoms with E-state index in [0.717, 1.165) is 11.4 Å². The SMILES string of the molecule is Cc1ccc(NC(=O)C2=CSCCO2)cc1. The van der Waals surface area contributed by atoms with Gasteiger partial charge in [0, 0.05) is 16.8 Å². The first-order chi connectivity index (χ1) is 7.75. The molecule has 1 amide bonds. The van der Waals surface area contributed by atoms with E-state index in [-0.39, 0.29) is 5.91 Å². The first kappa shape index (κ1) is 11.1. The number of benzene rings is 1. The largest absolute Gasteiger partial charge is 0.487 e. The van der Waals surface area contributed by atoms with Crippen molar-refractivity contribution in [2.45, 2.75) is 6.92 Å². The van der Waals surface area contributed by atoms with Crippen LogP contribution in [-0.4, -0.2) is 18.3 Å². The normalized spacial score (nSPS) is 14.9. The summed E-state index contributed by atoms with van der Waals surface area (Å²) >= 11 is 1.60. The number of ether oxygens (including phenoxy) is 1. The molecule has 2 rings (SSSR count). The van der Waals surface area contributed by atoms with Gasteiger partial charge in [-0.05, 0) is 19.1 Å². The van der Waals surface area contributed by atoms with Crippen molar-refractivity contribution in [2.75, 3.05) is 17.7 Å². The number of rotatable bonds is 2. The van der Waals surface area contributed by atoms with Crippen molar-refractivity contribution in [3.63, 3.8) is 0 Å². The molecule has 0 aromatic heterocycles. The summed E-state index contributed by atoms with van der Waals surface area (Å²) in [6, 6.07) is 7.68. The van der Waals surface area contributed by atoms with Crippen LogP contribution in [0.3, 0.4) is 0 Å². The lowest BCUT2D eigenvalue weighted by Crippen LogP contribution is -2.18. The first-order valence-electron chi connectivity index (χ1n) is 5.08. The van der Waals surface area contributed by atoms with Crippen LogP contribution in [0.2, 0.25) is 0 Å². The van der Waals surface area contributed by atoms with Gasteiger partial charge in [-0.2, -0.15) is 0 Å². The second-order valence-electron chi connectivity index (χ2n) is 3.52. The number of thioether (sulfide) groups is 1. The van der Waals surface area contributed by atoms with Crippen LogP contribution in [0.25, 0.3) is 0 Å². The molecule has 3 nitrogen and oxygen atoms in total. The number of anilines is 1. The lowest BCUT2D eigenvalue weighted by molar-refractivity contribution is -0.116. The minimum Gasteiger partial charge on any atom is -0.487 e. The van der Waals surface area contributed by atoms with E-state index < -0.39 is 0 Å². The molecular weight excluding hydrogens is 222 g/mol. The van der Waals surface area contributed by atoms with Crippen molar-refractivity contribution in [3.8, 4) is 0 Å². The topological polar surface area (TPSA) is 38.3 Å². The molecule has 0 bridgehead atoms. The summed E-state index contributed by atoms with van der Waals surface area (Å²) in [5.74, 6) is 1.12. The monoisotopic (exact) mass is 235 g/mol. The van der Waals surface area contributed by atoms with Crippen molar-refractivity contribution < 1.29 is 9.53 Å². The fourth-order valence-corrected chi connectivity index (χ4v) is 1.94. The highest BCUT2D eigenvalue weighted by atomic mass is 32.2. The Balaban J connectivity index is 2.01. The van der Waals surface area contributed by atoms with Gasteiger partial charge in [-0.15, -0.1) is 11.8 Å². The molecule has 0 unspecified atom stereocenters. The zero-order chi connectivity index (χ0) is 11.4. The van der Waals surface area contributed by atoms with E-state index in [1.807, 2.05) is 31.2 Å². The molecule has 0 spiro atoms. The summed E-state index contributed by atoms with van der Waals surface area (Å²) < 4.78 is 5.26. The van der Waals surface area contributed by atoms with Gasteiger partial charge in [0.15, 0.2) is 5.76 Å². The molecule has 1 heterocycles. The fraction of sp³-hybridized carbons (Fsp3) is 0.250. The molecule has 1 aliphatic rings. The van der Waals surface area contributed by atoms with Crippen molar-refractivity contribution >= 4 is 23.4 Å². The Morgan fingerprint density at radius 2 is 2.12 bits per heavy atom. The standard InChI is InChI=1S/C12H13NO2S/c1-9-2-4-10(5-3-9)13-12(14)11-8-16-7-6-15-11/h2-5,8H,6-7H2,1H3,(H,13,14). The highest BCUT2D eigenvalue weighted by molar-refractivity contribution is 8.02. The summed E-state index contributed by atoms with van der Waals surface area (Å²) in [7, 11) is 0. The second kappa shape index (κ2) is 5.07. The zero-order valence-corrected chi connectivity index (χ0v) is 9.84. The maximum Gasteiger partial charge on any atom is 0.291 e. The van der Waals surface area contributed by atoms with E-state index in [1.165, 1.54) is 5.56 Å². The third-order valence-electron chi connectivity index (χ3n) is 2.18. The molecule has 1 N–H and O–H groups in total. The van der Waals surface area contributed by atoms with Crippen LogP contribution in [0.5, 0.6) is 0 Å². The molecule has 84 valence electrons. The minimum absolute atomic E-state index is 0.184. The lowest BCUT2D eigenvalue weighted by Gasteiger charge is -2.14. The summed E-state index contributed by atoms with van der Waals surface area (Å²) in [4.78, 5) is 11.7. The van der Waals surface area contributed by atoms with Gasteiger partial charge in [0.1, 0.15) is 0 Å². The molecule has 1 aromatic carbocycles. The third-order valence-corrected chi connectivity index (χ3v) is 2.97. The van der Waals surface area contributed by atoms with Crippen LogP contribution < -0.4 is 5.32 Å².